The molecule has 2 bridgehead atoms. The molecule has 2 fully saturated rings. The molecule has 2 saturated carbocycles. The Kier molecular flexibility index (Phi) is 3.11. The van der Waals surface area contributed by atoms with Gasteiger partial charge in [-0.25, -0.2) is 15.8 Å². The van der Waals surface area contributed by atoms with Gasteiger partial charge >= 0.3 is 0 Å². The zero-order valence-electron chi connectivity index (χ0n) is 12.0. The lowest BCUT2D eigenvalue weighted by Crippen LogP contribution is -2.16. The van der Waals surface area contributed by atoms with Gasteiger partial charge in [-0.05, 0) is 31.1 Å². The Morgan fingerprint density at radius 3 is 2.57 bits per heavy atom. The second-order valence-electron chi connectivity index (χ2n) is 6.29. The summed E-state index contributed by atoms with van der Waals surface area (Å²) >= 11 is 0. The molecule has 2 aliphatic rings. The zero-order valence-corrected chi connectivity index (χ0v) is 12.0. The van der Waals surface area contributed by atoms with Crippen LogP contribution < -0.4 is 11.3 Å². The van der Waals surface area contributed by atoms with E-state index < -0.39 is 0 Å². The molecule has 1 heterocycles. The van der Waals surface area contributed by atoms with Crippen molar-refractivity contribution in [2.24, 2.45) is 17.7 Å². The molecule has 4 nitrogen and oxygen atoms in total. The number of nitrogens with zero attached hydrogens (tertiary/aromatic N) is 2. The minimum Gasteiger partial charge on any atom is -0.308 e. The van der Waals surface area contributed by atoms with E-state index in [-0.39, 0.29) is 0 Å². The largest absolute Gasteiger partial charge is 0.308 e. The number of hydrogen-bond acceptors (Lipinski definition) is 4. The summed E-state index contributed by atoms with van der Waals surface area (Å²) in [6.45, 7) is 0. The fourth-order valence-corrected chi connectivity index (χ4v) is 4.02. The van der Waals surface area contributed by atoms with Crippen molar-refractivity contribution in [3.8, 4) is 11.3 Å². The fraction of sp³-hybridized carbons (Fsp3) is 0.412. The van der Waals surface area contributed by atoms with Crippen LogP contribution in [0.3, 0.4) is 0 Å². The second kappa shape index (κ2) is 5.11. The molecule has 108 valence electrons. The first-order valence-electron chi connectivity index (χ1n) is 7.74. The van der Waals surface area contributed by atoms with Crippen molar-refractivity contribution in [3.05, 3.63) is 42.2 Å². The first kappa shape index (κ1) is 12.8. The molecular formula is C17H20N4. The Bertz CT molecular complexity index is 640. The summed E-state index contributed by atoms with van der Waals surface area (Å²) in [5.41, 5.74) is 4.76. The van der Waals surface area contributed by atoms with Gasteiger partial charge in [-0.2, -0.15) is 0 Å². The number of aromatic nitrogens is 2. The summed E-state index contributed by atoms with van der Waals surface area (Å²) in [4.78, 5) is 9.48. The summed E-state index contributed by atoms with van der Waals surface area (Å²) in [5, 5.41) is 0. The molecule has 4 rings (SSSR count). The van der Waals surface area contributed by atoms with E-state index in [0.29, 0.717) is 11.7 Å². The van der Waals surface area contributed by atoms with Gasteiger partial charge in [-0.15, -0.1) is 0 Å². The fourth-order valence-electron chi connectivity index (χ4n) is 4.02. The van der Waals surface area contributed by atoms with Gasteiger partial charge in [-0.3, -0.25) is 0 Å². The quantitative estimate of drug-likeness (QED) is 0.668. The molecule has 2 aliphatic carbocycles. The monoisotopic (exact) mass is 280 g/mol. The molecule has 1 aromatic heterocycles. The predicted molar refractivity (Wildman–Crippen MR) is 83.5 cm³/mol. The van der Waals surface area contributed by atoms with Crippen LogP contribution >= 0.6 is 0 Å². The smallest absolute Gasteiger partial charge is 0.144 e. The van der Waals surface area contributed by atoms with Crippen LogP contribution in [0.25, 0.3) is 11.3 Å². The van der Waals surface area contributed by atoms with E-state index in [1.807, 2.05) is 24.3 Å². The van der Waals surface area contributed by atoms with Crippen molar-refractivity contribution in [2.45, 2.75) is 31.6 Å². The lowest BCUT2D eigenvalue weighted by Gasteiger charge is -2.21. The number of rotatable bonds is 3. The lowest BCUT2D eigenvalue weighted by molar-refractivity contribution is 0.406. The van der Waals surface area contributed by atoms with Gasteiger partial charge in [-0.1, -0.05) is 36.8 Å². The van der Waals surface area contributed by atoms with Crippen molar-refractivity contribution in [1.82, 2.24) is 9.97 Å². The molecule has 2 aromatic rings. The Balaban J connectivity index is 1.74. The average Bonchev–Trinajstić information content (AvgIpc) is 3.18. The van der Waals surface area contributed by atoms with Crippen LogP contribution in [-0.4, -0.2) is 9.97 Å². The first-order chi connectivity index (χ1) is 10.3. The minimum atomic E-state index is 0.513. The lowest BCUT2D eigenvalue weighted by atomic mass is 9.88. The third-order valence-electron chi connectivity index (χ3n) is 5.03. The van der Waals surface area contributed by atoms with E-state index in [9.17, 15) is 0 Å². The van der Waals surface area contributed by atoms with Gasteiger partial charge in [0.05, 0.1) is 5.69 Å². The molecule has 0 aliphatic heterocycles. The first-order valence-corrected chi connectivity index (χ1v) is 7.74. The van der Waals surface area contributed by atoms with Crippen LogP contribution in [0.15, 0.2) is 36.4 Å². The van der Waals surface area contributed by atoms with Crippen molar-refractivity contribution >= 4 is 5.82 Å². The maximum Gasteiger partial charge on any atom is 0.144 e. The van der Waals surface area contributed by atoms with E-state index in [4.69, 9.17) is 10.8 Å². The Morgan fingerprint density at radius 2 is 1.90 bits per heavy atom. The van der Waals surface area contributed by atoms with E-state index in [0.717, 1.165) is 28.9 Å². The number of fused-ring (bicyclic) bond motifs is 2. The summed E-state index contributed by atoms with van der Waals surface area (Å²) in [6, 6.07) is 12.2. The Morgan fingerprint density at radius 1 is 1.05 bits per heavy atom. The van der Waals surface area contributed by atoms with Gasteiger partial charge in [0, 0.05) is 17.5 Å². The van der Waals surface area contributed by atoms with Crippen molar-refractivity contribution < 1.29 is 0 Å². The molecule has 21 heavy (non-hydrogen) atoms. The van der Waals surface area contributed by atoms with Gasteiger partial charge in [0.2, 0.25) is 0 Å². The summed E-state index contributed by atoms with van der Waals surface area (Å²) < 4.78 is 0. The van der Waals surface area contributed by atoms with Gasteiger partial charge in [0.1, 0.15) is 11.6 Å². The predicted octanol–water partition coefficient (Wildman–Crippen LogP) is 3.33. The summed E-state index contributed by atoms with van der Waals surface area (Å²) in [6.07, 6.45) is 5.32. The van der Waals surface area contributed by atoms with Gasteiger partial charge < -0.3 is 5.43 Å². The number of nitrogens with two attached hydrogens (primary N) is 1. The standard InChI is InChI=1S/C17H20N4/c18-21-16-10-15(12-4-2-1-3-5-12)19-17(20-16)14-9-11-6-7-13(14)8-11/h1-5,10-11,13-14H,6-9,18H2,(H,19,20,21). The highest BCUT2D eigenvalue weighted by Crippen LogP contribution is 2.52. The van der Waals surface area contributed by atoms with E-state index >= 15 is 0 Å². The molecule has 0 amide bonds. The third-order valence-corrected chi connectivity index (χ3v) is 5.03. The van der Waals surface area contributed by atoms with Crippen LogP contribution in [-0.2, 0) is 0 Å². The molecule has 0 saturated heterocycles. The van der Waals surface area contributed by atoms with Crippen molar-refractivity contribution in [1.29, 1.82) is 0 Å². The molecule has 4 heteroatoms. The topological polar surface area (TPSA) is 63.8 Å². The van der Waals surface area contributed by atoms with Crippen LogP contribution in [0.4, 0.5) is 5.82 Å². The third kappa shape index (κ3) is 2.29. The van der Waals surface area contributed by atoms with Crippen LogP contribution in [0.2, 0.25) is 0 Å². The number of hydrazine groups is 1. The normalized spacial score (nSPS) is 27.0. The Hall–Kier alpha value is -1.94. The summed E-state index contributed by atoms with van der Waals surface area (Å²) in [5.74, 6) is 9.45. The average molecular weight is 280 g/mol. The van der Waals surface area contributed by atoms with Gasteiger partial charge in [0.15, 0.2) is 0 Å². The number of nitrogens with one attached hydrogen (secondary N) is 1. The van der Waals surface area contributed by atoms with Crippen LogP contribution in [0.5, 0.6) is 0 Å². The molecule has 0 radical (unpaired) electrons. The molecule has 3 N–H and O–H groups in total. The molecule has 1 aromatic carbocycles. The maximum atomic E-state index is 5.60. The highest BCUT2D eigenvalue weighted by Gasteiger charge is 2.41. The summed E-state index contributed by atoms with van der Waals surface area (Å²) in [7, 11) is 0. The van der Waals surface area contributed by atoms with E-state index in [1.165, 1.54) is 25.7 Å². The maximum absolute atomic E-state index is 5.60. The Labute approximate surface area is 124 Å². The number of benzene rings is 1. The van der Waals surface area contributed by atoms with Gasteiger partial charge in [0.25, 0.3) is 0 Å². The second-order valence-corrected chi connectivity index (χ2v) is 6.29. The van der Waals surface area contributed by atoms with Crippen molar-refractivity contribution in [3.63, 3.8) is 0 Å². The van der Waals surface area contributed by atoms with E-state index in [1.54, 1.807) is 0 Å². The molecule has 0 spiro atoms. The number of nitrogen functional groups attached to an aromatic ring is 1. The van der Waals surface area contributed by atoms with E-state index in [2.05, 4.69) is 22.5 Å². The number of anilines is 1. The SMILES string of the molecule is NNc1cc(-c2ccccc2)nc(C2CC3CCC2C3)n1. The van der Waals surface area contributed by atoms with Crippen LogP contribution in [0, 0.1) is 11.8 Å². The highest BCUT2D eigenvalue weighted by molar-refractivity contribution is 5.62. The minimum absolute atomic E-state index is 0.513. The molecular weight excluding hydrogens is 260 g/mol. The van der Waals surface area contributed by atoms with Crippen LogP contribution in [0.1, 0.15) is 37.4 Å². The zero-order chi connectivity index (χ0) is 14.2. The molecule has 3 atom stereocenters. The molecule has 3 unspecified atom stereocenters. The van der Waals surface area contributed by atoms with Crippen molar-refractivity contribution in [2.75, 3.05) is 5.43 Å². The highest BCUT2D eigenvalue weighted by atomic mass is 15.3. The number of hydrogen-bond donors (Lipinski definition) is 2.